The van der Waals surface area contributed by atoms with E-state index in [2.05, 4.69) is 26.1 Å². The lowest BCUT2D eigenvalue weighted by atomic mass is 9.96. The van der Waals surface area contributed by atoms with E-state index in [1.165, 1.54) is 12.1 Å². The molecule has 0 aliphatic heterocycles. The zero-order chi connectivity index (χ0) is 13.8. The number of hydrogen-bond acceptors (Lipinski definition) is 2. The highest BCUT2D eigenvalue weighted by molar-refractivity contribution is 5.78. The molecule has 3 heteroatoms. The molecule has 1 aromatic heterocycles. The Bertz CT molecular complexity index is 535. The normalized spacial score (nSPS) is 14.7. The maximum atomic E-state index is 13.2. The Hall–Kier alpha value is -1.35. The van der Waals surface area contributed by atoms with Crippen LogP contribution in [0.1, 0.15) is 45.4 Å². The zero-order valence-electron chi connectivity index (χ0n) is 11.9. The van der Waals surface area contributed by atoms with E-state index in [0.717, 1.165) is 36.1 Å². The molecule has 0 saturated heterocycles. The van der Waals surface area contributed by atoms with Gasteiger partial charge in [-0.2, -0.15) is 0 Å². The predicted molar refractivity (Wildman–Crippen MR) is 76.7 cm³/mol. The van der Waals surface area contributed by atoms with Crippen LogP contribution in [-0.2, 0) is 0 Å². The molecule has 0 spiro atoms. The number of rotatable bonds is 6. The summed E-state index contributed by atoms with van der Waals surface area (Å²) in [5.74, 6) is 1.17. The largest absolute Gasteiger partial charge is 0.459 e. The van der Waals surface area contributed by atoms with E-state index in [4.69, 9.17) is 4.42 Å². The van der Waals surface area contributed by atoms with Crippen LogP contribution in [0, 0.1) is 11.7 Å². The van der Waals surface area contributed by atoms with Crippen molar-refractivity contribution in [2.75, 3.05) is 6.54 Å². The summed E-state index contributed by atoms with van der Waals surface area (Å²) in [6.07, 6.45) is 2.16. The lowest BCUT2D eigenvalue weighted by Crippen LogP contribution is -2.27. The fourth-order valence-corrected chi connectivity index (χ4v) is 2.31. The number of hydrogen-bond donors (Lipinski definition) is 1. The number of furan rings is 1. The van der Waals surface area contributed by atoms with Gasteiger partial charge in [0.2, 0.25) is 0 Å². The Morgan fingerprint density at radius 2 is 2.05 bits per heavy atom. The van der Waals surface area contributed by atoms with Crippen LogP contribution in [0.2, 0.25) is 0 Å². The Balaban J connectivity index is 2.32. The van der Waals surface area contributed by atoms with E-state index in [1.807, 2.05) is 6.07 Å². The molecule has 2 rings (SSSR count). The average Bonchev–Trinajstić information content (AvgIpc) is 2.81. The first-order valence-corrected chi connectivity index (χ1v) is 7.08. The third-order valence-electron chi connectivity index (χ3n) is 3.63. The van der Waals surface area contributed by atoms with E-state index in [-0.39, 0.29) is 11.9 Å². The maximum Gasteiger partial charge on any atom is 0.134 e. The molecule has 1 heterocycles. The molecule has 2 nitrogen and oxygen atoms in total. The van der Waals surface area contributed by atoms with Crippen molar-refractivity contribution in [3.63, 3.8) is 0 Å². The summed E-state index contributed by atoms with van der Waals surface area (Å²) in [5.41, 5.74) is 0.753. The van der Waals surface area contributed by atoms with Crippen LogP contribution in [0.15, 0.2) is 28.7 Å². The summed E-state index contributed by atoms with van der Waals surface area (Å²) in [6, 6.07) is 6.81. The van der Waals surface area contributed by atoms with E-state index >= 15 is 0 Å². The fourth-order valence-electron chi connectivity index (χ4n) is 2.31. The van der Waals surface area contributed by atoms with Crippen molar-refractivity contribution in [1.82, 2.24) is 5.32 Å². The van der Waals surface area contributed by atoms with E-state index < -0.39 is 0 Å². The molecule has 2 unspecified atom stereocenters. The van der Waals surface area contributed by atoms with Gasteiger partial charge in [0.15, 0.2) is 0 Å². The van der Waals surface area contributed by atoms with Crippen molar-refractivity contribution < 1.29 is 8.81 Å². The number of halogens is 1. The first kappa shape index (κ1) is 14.1. The molecule has 0 bridgehead atoms. The first-order valence-electron chi connectivity index (χ1n) is 7.08. The van der Waals surface area contributed by atoms with E-state index in [9.17, 15) is 4.39 Å². The van der Waals surface area contributed by atoms with Gasteiger partial charge in [-0.15, -0.1) is 0 Å². The van der Waals surface area contributed by atoms with E-state index in [0.29, 0.717) is 5.92 Å². The van der Waals surface area contributed by atoms with Crippen molar-refractivity contribution in [1.29, 1.82) is 0 Å². The van der Waals surface area contributed by atoms with Crippen molar-refractivity contribution in [3.8, 4) is 0 Å². The molecule has 1 aromatic carbocycles. The Morgan fingerprint density at radius 1 is 1.26 bits per heavy atom. The molecular formula is C16H22FNO. The van der Waals surface area contributed by atoms with E-state index in [1.54, 1.807) is 6.07 Å². The van der Waals surface area contributed by atoms with Crippen LogP contribution < -0.4 is 5.32 Å². The molecule has 0 aliphatic carbocycles. The van der Waals surface area contributed by atoms with Gasteiger partial charge in [-0.05, 0) is 43.1 Å². The van der Waals surface area contributed by atoms with Gasteiger partial charge >= 0.3 is 0 Å². The van der Waals surface area contributed by atoms with Crippen molar-refractivity contribution in [3.05, 3.63) is 35.8 Å². The summed E-state index contributed by atoms with van der Waals surface area (Å²) < 4.78 is 19.1. The van der Waals surface area contributed by atoms with Crippen LogP contribution in [-0.4, -0.2) is 6.54 Å². The average molecular weight is 263 g/mol. The first-order chi connectivity index (χ1) is 9.15. The van der Waals surface area contributed by atoms with Crippen molar-refractivity contribution in [2.24, 2.45) is 5.92 Å². The molecule has 0 saturated carbocycles. The second kappa shape index (κ2) is 6.20. The Labute approximate surface area is 114 Å². The molecule has 2 atom stereocenters. The minimum absolute atomic E-state index is 0.195. The smallest absolute Gasteiger partial charge is 0.134 e. The third kappa shape index (κ3) is 3.16. The summed E-state index contributed by atoms with van der Waals surface area (Å²) in [6.45, 7) is 7.49. The second-order valence-corrected chi connectivity index (χ2v) is 5.15. The SMILES string of the molecule is CCCNC(c1cc2cc(F)ccc2o1)C(C)CC. The third-order valence-corrected chi connectivity index (χ3v) is 3.63. The van der Waals surface area contributed by atoms with Crippen LogP contribution in [0.4, 0.5) is 4.39 Å². The Morgan fingerprint density at radius 3 is 2.74 bits per heavy atom. The molecule has 1 N–H and O–H groups in total. The van der Waals surface area contributed by atoms with Gasteiger partial charge in [0.1, 0.15) is 17.2 Å². The van der Waals surface area contributed by atoms with Gasteiger partial charge in [-0.1, -0.05) is 27.2 Å². The van der Waals surface area contributed by atoms with Crippen molar-refractivity contribution in [2.45, 2.75) is 39.7 Å². The molecule has 0 radical (unpaired) electrons. The number of nitrogens with one attached hydrogen (secondary N) is 1. The zero-order valence-corrected chi connectivity index (χ0v) is 11.9. The number of fused-ring (bicyclic) bond motifs is 1. The summed E-state index contributed by atoms with van der Waals surface area (Å²) >= 11 is 0. The van der Waals surface area contributed by atoms with Crippen LogP contribution >= 0.6 is 0 Å². The van der Waals surface area contributed by atoms with Gasteiger partial charge in [-0.3, -0.25) is 0 Å². The van der Waals surface area contributed by atoms with Gasteiger partial charge in [0.25, 0.3) is 0 Å². The highest BCUT2D eigenvalue weighted by atomic mass is 19.1. The molecule has 0 amide bonds. The van der Waals surface area contributed by atoms with Gasteiger partial charge < -0.3 is 9.73 Å². The molecular weight excluding hydrogens is 241 g/mol. The Kier molecular flexibility index (Phi) is 4.59. The van der Waals surface area contributed by atoms with Gasteiger partial charge in [-0.25, -0.2) is 4.39 Å². The lowest BCUT2D eigenvalue weighted by molar-refractivity contribution is 0.327. The lowest BCUT2D eigenvalue weighted by Gasteiger charge is -2.22. The number of benzene rings is 1. The summed E-state index contributed by atoms with van der Waals surface area (Å²) in [5, 5.41) is 4.36. The molecule has 0 fully saturated rings. The standard InChI is InChI=1S/C16H22FNO/c1-4-8-18-16(11(3)5-2)15-10-12-9-13(17)6-7-14(12)19-15/h6-7,9-11,16,18H,4-5,8H2,1-3H3. The van der Waals surface area contributed by atoms with Crippen LogP contribution in [0.25, 0.3) is 11.0 Å². The maximum absolute atomic E-state index is 13.2. The van der Waals surface area contributed by atoms with Crippen LogP contribution in [0.3, 0.4) is 0 Å². The monoisotopic (exact) mass is 263 g/mol. The van der Waals surface area contributed by atoms with Gasteiger partial charge in [0, 0.05) is 5.39 Å². The quantitative estimate of drug-likeness (QED) is 0.820. The highest BCUT2D eigenvalue weighted by Crippen LogP contribution is 2.30. The fraction of sp³-hybridized carbons (Fsp3) is 0.500. The molecule has 2 aromatic rings. The highest BCUT2D eigenvalue weighted by Gasteiger charge is 2.21. The summed E-state index contributed by atoms with van der Waals surface area (Å²) in [7, 11) is 0. The van der Waals surface area contributed by atoms with Crippen molar-refractivity contribution >= 4 is 11.0 Å². The molecule has 19 heavy (non-hydrogen) atoms. The van der Waals surface area contributed by atoms with Crippen LogP contribution in [0.5, 0.6) is 0 Å². The molecule has 104 valence electrons. The molecule has 0 aliphatic rings. The summed E-state index contributed by atoms with van der Waals surface area (Å²) in [4.78, 5) is 0. The topological polar surface area (TPSA) is 25.2 Å². The minimum Gasteiger partial charge on any atom is -0.459 e. The van der Waals surface area contributed by atoms with Gasteiger partial charge in [0.05, 0.1) is 6.04 Å². The second-order valence-electron chi connectivity index (χ2n) is 5.15. The minimum atomic E-state index is -0.221. The predicted octanol–water partition coefficient (Wildman–Crippen LogP) is 4.66.